The van der Waals surface area contributed by atoms with Crippen molar-refractivity contribution in [3.8, 4) is 0 Å². The summed E-state index contributed by atoms with van der Waals surface area (Å²) >= 11 is 0. The zero-order valence-corrected chi connectivity index (χ0v) is 28.2. The Bertz CT molecular complexity index is 1310. The maximum Gasteiger partial charge on any atom is 0.144 e. The largest absolute Gasteiger partial charge is 2.00 e. The van der Waals surface area contributed by atoms with Gasteiger partial charge in [0.1, 0.15) is 28.5 Å². The minimum atomic E-state index is -1.91. The fourth-order valence-electron chi connectivity index (χ4n) is 4.65. The van der Waals surface area contributed by atoms with Gasteiger partial charge in [-0.15, -0.1) is 11.4 Å². The van der Waals surface area contributed by atoms with Gasteiger partial charge in [-0.25, -0.2) is 0 Å². The quantitative estimate of drug-likeness (QED) is 0.123. The predicted molar refractivity (Wildman–Crippen MR) is 189 cm³/mol. The summed E-state index contributed by atoms with van der Waals surface area (Å²) in [5, 5.41) is 9.99. The minimum Gasteiger partial charge on any atom is -2.00 e. The molecule has 214 valence electrons. The first-order chi connectivity index (χ1) is 18.9. The third-order valence-corrected chi connectivity index (χ3v) is 10.6. The van der Waals surface area contributed by atoms with Crippen LogP contribution in [-0.2, 0) is 61.6 Å². The molecule has 1 nitrogen and oxygen atoms in total. The summed E-state index contributed by atoms with van der Waals surface area (Å²) in [5.41, 5.74) is 1.99. The molecule has 0 saturated carbocycles. The molecule has 0 aliphatic carbocycles. The molecule has 0 aliphatic heterocycles. The molecular weight excluding hydrogens is 670 g/mol. The van der Waals surface area contributed by atoms with Gasteiger partial charge < -0.3 is 45.8 Å². The van der Waals surface area contributed by atoms with Crippen LogP contribution in [0, 0.1) is 0 Å². The number of nitrogens with zero attached hydrogens (tertiary/aromatic N) is 1. The molecule has 0 heterocycles. The Hall–Kier alpha value is -2.71. The molecular formula is C36H30MoNPS3-6. The minimum absolute atomic E-state index is 0. The third kappa shape index (κ3) is 9.14. The van der Waals surface area contributed by atoms with Crippen LogP contribution < -0.4 is 21.2 Å². The van der Waals surface area contributed by atoms with Gasteiger partial charge in [-0.05, 0) is 48.5 Å². The Morgan fingerprint density at radius 2 is 0.476 bits per heavy atom. The standard InChI is InChI=1S/C24H20P.C12H10N.Mo.3S/c1-5-13-21(14-6-1)25(22-15-7-2-8-16-22,23-17-9-3-10-18-23)24-19-11-4-12-20-24;1-3-7-11(8-4-1)13-12-9-5-2-6-10-12;;;;/h1-20H;1-10H;;;;/q+1;-1;;3*-2. The molecule has 0 radical (unpaired) electrons. The first-order valence-electron chi connectivity index (χ1n) is 12.8. The first-order valence-corrected chi connectivity index (χ1v) is 14.6. The van der Waals surface area contributed by atoms with Gasteiger partial charge in [-0.2, -0.15) is 0 Å². The smallest absolute Gasteiger partial charge is 0.144 e. The van der Waals surface area contributed by atoms with Crippen LogP contribution in [0.3, 0.4) is 0 Å². The molecule has 0 atom stereocenters. The Labute approximate surface area is 286 Å². The van der Waals surface area contributed by atoms with E-state index in [-0.39, 0.29) is 61.6 Å². The van der Waals surface area contributed by atoms with Crippen LogP contribution in [0.4, 0.5) is 11.4 Å². The van der Waals surface area contributed by atoms with Crippen molar-refractivity contribution in [2.45, 2.75) is 0 Å². The third-order valence-electron chi connectivity index (χ3n) is 6.34. The number of hydrogen-bond donors (Lipinski definition) is 0. The maximum absolute atomic E-state index is 4.44. The average molecular weight is 700 g/mol. The molecule has 0 N–H and O–H groups in total. The molecule has 6 aromatic carbocycles. The van der Waals surface area contributed by atoms with Crippen LogP contribution >= 0.6 is 7.26 Å². The second kappa shape index (κ2) is 19.5. The van der Waals surface area contributed by atoms with E-state index in [9.17, 15) is 0 Å². The SMILES string of the molecule is [Mo].[S-2].[S-2].[S-2].c1ccc([N-]c2ccccc2)cc1.c1ccc([P+](c2ccccc2)(c2ccccc2)c2ccccc2)cc1. The molecule has 0 saturated heterocycles. The molecule has 0 amide bonds. The van der Waals surface area contributed by atoms with Crippen molar-refractivity contribution in [3.05, 3.63) is 187 Å². The van der Waals surface area contributed by atoms with Crippen molar-refractivity contribution in [1.82, 2.24) is 0 Å². The topological polar surface area (TPSA) is 14.1 Å². The zero-order chi connectivity index (χ0) is 25.9. The van der Waals surface area contributed by atoms with E-state index < -0.39 is 7.26 Å². The van der Waals surface area contributed by atoms with Gasteiger partial charge in [0.25, 0.3) is 0 Å². The van der Waals surface area contributed by atoms with Gasteiger partial charge in [-0.3, -0.25) is 0 Å². The molecule has 0 aromatic heterocycles. The fraction of sp³-hybridized carbons (Fsp3) is 0. The summed E-state index contributed by atoms with van der Waals surface area (Å²) in [6.07, 6.45) is 0. The van der Waals surface area contributed by atoms with E-state index in [0.717, 1.165) is 11.4 Å². The van der Waals surface area contributed by atoms with Crippen LogP contribution in [0.1, 0.15) is 0 Å². The molecule has 6 heteroatoms. The van der Waals surface area contributed by atoms with Crippen LogP contribution in [0.15, 0.2) is 182 Å². The van der Waals surface area contributed by atoms with Gasteiger partial charge in [0.15, 0.2) is 0 Å². The maximum atomic E-state index is 4.44. The van der Waals surface area contributed by atoms with Crippen molar-refractivity contribution >= 4 is 80.3 Å². The average Bonchev–Trinajstić information content (AvgIpc) is 3.01. The summed E-state index contributed by atoms with van der Waals surface area (Å²) in [6.45, 7) is 0. The normalized spacial score (nSPS) is 9.62. The number of rotatable bonds is 6. The van der Waals surface area contributed by atoms with Gasteiger partial charge in [0.2, 0.25) is 0 Å². The predicted octanol–water partition coefficient (Wildman–Crippen LogP) is 8.32. The fourth-order valence-corrected chi connectivity index (χ4v) is 8.92. The number of benzene rings is 6. The molecule has 0 bridgehead atoms. The summed E-state index contributed by atoms with van der Waals surface area (Å²) in [6, 6.07) is 63.7. The van der Waals surface area contributed by atoms with Crippen LogP contribution in [0.5, 0.6) is 0 Å². The second-order valence-corrected chi connectivity index (χ2v) is 12.2. The molecule has 0 aliphatic rings. The van der Waals surface area contributed by atoms with E-state index >= 15 is 0 Å². The van der Waals surface area contributed by atoms with E-state index in [4.69, 9.17) is 0 Å². The summed E-state index contributed by atoms with van der Waals surface area (Å²) in [4.78, 5) is 0. The number of para-hydroxylation sites is 2. The molecule has 0 unspecified atom stereocenters. The van der Waals surface area contributed by atoms with Crippen molar-refractivity contribution < 1.29 is 21.1 Å². The van der Waals surface area contributed by atoms with Crippen molar-refractivity contribution in [2.75, 3.05) is 0 Å². The summed E-state index contributed by atoms with van der Waals surface area (Å²) in [5.74, 6) is 0. The van der Waals surface area contributed by atoms with Crippen LogP contribution in [0.2, 0.25) is 0 Å². The van der Waals surface area contributed by atoms with E-state index in [1.165, 1.54) is 21.2 Å². The van der Waals surface area contributed by atoms with E-state index in [1.54, 1.807) is 0 Å². The van der Waals surface area contributed by atoms with Crippen molar-refractivity contribution in [2.24, 2.45) is 0 Å². The number of hydrogen-bond acceptors (Lipinski definition) is 0. The van der Waals surface area contributed by atoms with E-state index in [1.807, 2.05) is 60.7 Å². The van der Waals surface area contributed by atoms with E-state index in [0.29, 0.717) is 0 Å². The molecule has 0 spiro atoms. The van der Waals surface area contributed by atoms with E-state index in [2.05, 4.69) is 127 Å². The molecule has 0 fully saturated rings. The van der Waals surface area contributed by atoms with Crippen LogP contribution in [-0.4, -0.2) is 0 Å². The Kier molecular flexibility index (Phi) is 17.3. The second-order valence-electron chi connectivity index (χ2n) is 8.80. The Morgan fingerprint density at radius 3 is 0.690 bits per heavy atom. The Balaban J connectivity index is 0.000000447. The van der Waals surface area contributed by atoms with Crippen LogP contribution in [0.25, 0.3) is 5.32 Å². The monoisotopic (exact) mass is 701 g/mol. The van der Waals surface area contributed by atoms with Crippen molar-refractivity contribution in [1.29, 1.82) is 0 Å². The molecule has 6 aromatic rings. The zero-order valence-electron chi connectivity index (χ0n) is 22.8. The van der Waals surface area contributed by atoms with Gasteiger partial charge in [-0.1, -0.05) is 133 Å². The van der Waals surface area contributed by atoms with Crippen molar-refractivity contribution in [3.63, 3.8) is 0 Å². The molecule has 42 heavy (non-hydrogen) atoms. The molecule has 6 rings (SSSR count). The Morgan fingerprint density at radius 1 is 0.286 bits per heavy atom. The van der Waals surface area contributed by atoms with Gasteiger partial charge >= 0.3 is 0 Å². The summed E-state index contributed by atoms with van der Waals surface area (Å²) in [7, 11) is -1.91. The van der Waals surface area contributed by atoms with Gasteiger partial charge in [0.05, 0.1) is 0 Å². The first kappa shape index (κ1) is 37.3. The summed E-state index contributed by atoms with van der Waals surface area (Å²) < 4.78 is 0. The van der Waals surface area contributed by atoms with Gasteiger partial charge in [0, 0.05) is 21.1 Å².